The Morgan fingerprint density at radius 2 is 1.95 bits per heavy atom. The fourth-order valence-corrected chi connectivity index (χ4v) is 2.38. The summed E-state index contributed by atoms with van der Waals surface area (Å²) in [5, 5.41) is 13.9. The minimum atomic E-state index is -0.0120. The van der Waals surface area contributed by atoms with Crippen molar-refractivity contribution < 1.29 is 5.11 Å². The zero-order chi connectivity index (χ0) is 13.8. The topological polar surface area (TPSA) is 64.1 Å². The Kier molecular flexibility index (Phi) is 4.22. The highest BCUT2D eigenvalue weighted by Gasteiger charge is 2.15. The van der Waals surface area contributed by atoms with Crippen LogP contribution in [0.3, 0.4) is 0 Å². The first kappa shape index (κ1) is 13.6. The third-order valence-electron chi connectivity index (χ3n) is 3.36. The fourth-order valence-electron chi connectivity index (χ4n) is 2.38. The lowest BCUT2D eigenvalue weighted by Crippen LogP contribution is -2.01. The van der Waals surface area contributed by atoms with E-state index in [4.69, 9.17) is 5.73 Å². The van der Waals surface area contributed by atoms with Crippen molar-refractivity contribution in [2.45, 2.75) is 32.8 Å². The molecule has 1 aromatic heterocycles. The van der Waals surface area contributed by atoms with Crippen LogP contribution in [-0.4, -0.2) is 14.9 Å². The van der Waals surface area contributed by atoms with Gasteiger partial charge in [0.15, 0.2) is 0 Å². The number of benzene rings is 1. The second-order valence-electron chi connectivity index (χ2n) is 4.82. The third-order valence-corrected chi connectivity index (χ3v) is 3.36. The summed E-state index contributed by atoms with van der Waals surface area (Å²) in [7, 11) is 1.94. The zero-order valence-corrected chi connectivity index (χ0v) is 11.6. The number of anilines is 1. The number of nitrogen functional groups attached to an aromatic ring is 1. The van der Waals surface area contributed by atoms with Gasteiger partial charge in [0.25, 0.3) is 0 Å². The molecule has 0 aliphatic rings. The van der Waals surface area contributed by atoms with Crippen molar-refractivity contribution in [3.05, 3.63) is 46.8 Å². The molecule has 0 saturated heterocycles. The van der Waals surface area contributed by atoms with Gasteiger partial charge in [-0.15, -0.1) is 0 Å². The highest BCUT2D eigenvalue weighted by Crippen LogP contribution is 2.20. The molecule has 0 fully saturated rings. The molecule has 2 aromatic rings. The van der Waals surface area contributed by atoms with Gasteiger partial charge in [-0.2, -0.15) is 5.10 Å². The lowest BCUT2D eigenvalue weighted by atomic mass is 10.0. The summed E-state index contributed by atoms with van der Waals surface area (Å²) < 4.78 is 1.89. The number of hydrogen-bond donors (Lipinski definition) is 2. The molecule has 4 heteroatoms. The van der Waals surface area contributed by atoms with Crippen molar-refractivity contribution in [2.75, 3.05) is 5.73 Å². The van der Waals surface area contributed by atoms with Crippen LogP contribution in [0.4, 0.5) is 5.69 Å². The Morgan fingerprint density at radius 1 is 1.26 bits per heavy atom. The fraction of sp³-hybridized carbons (Fsp3) is 0.400. The number of hydrogen-bond acceptors (Lipinski definition) is 3. The van der Waals surface area contributed by atoms with Crippen LogP contribution in [0.1, 0.15) is 35.9 Å². The van der Waals surface area contributed by atoms with E-state index in [1.54, 1.807) is 0 Å². The molecule has 0 spiro atoms. The molecule has 4 nitrogen and oxygen atoms in total. The second-order valence-corrected chi connectivity index (χ2v) is 4.82. The van der Waals surface area contributed by atoms with E-state index in [0.717, 1.165) is 36.2 Å². The van der Waals surface area contributed by atoms with Gasteiger partial charge in [0.05, 0.1) is 12.3 Å². The largest absolute Gasteiger partial charge is 0.399 e. The summed E-state index contributed by atoms with van der Waals surface area (Å²) in [6.07, 6.45) is 2.84. The highest BCUT2D eigenvalue weighted by molar-refractivity contribution is 5.41. The molecular formula is C15H21N3O. The van der Waals surface area contributed by atoms with Crippen molar-refractivity contribution in [2.24, 2.45) is 7.05 Å². The van der Waals surface area contributed by atoms with Crippen molar-refractivity contribution in [3.63, 3.8) is 0 Å². The summed E-state index contributed by atoms with van der Waals surface area (Å²) in [6, 6.07) is 7.87. The maximum atomic E-state index is 9.45. The van der Waals surface area contributed by atoms with Crippen LogP contribution in [0, 0.1) is 0 Å². The lowest BCUT2D eigenvalue weighted by molar-refractivity contribution is 0.274. The third kappa shape index (κ3) is 2.96. The van der Waals surface area contributed by atoms with Crippen molar-refractivity contribution in [1.82, 2.24) is 9.78 Å². The molecule has 0 bridgehead atoms. The Balaban J connectivity index is 2.34. The van der Waals surface area contributed by atoms with E-state index in [1.807, 2.05) is 36.0 Å². The lowest BCUT2D eigenvalue weighted by Gasteiger charge is -2.06. The molecule has 0 aliphatic heterocycles. The van der Waals surface area contributed by atoms with Gasteiger partial charge in [-0.1, -0.05) is 25.5 Å². The number of aliphatic hydroxyl groups is 1. The summed E-state index contributed by atoms with van der Waals surface area (Å²) in [4.78, 5) is 0. The number of aliphatic hydroxyl groups excluding tert-OH is 1. The first-order chi connectivity index (χ1) is 9.15. The van der Waals surface area contributed by atoms with Crippen LogP contribution in [0.5, 0.6) is 0 Å². The first-order valence-electron chi connectivity index (χ1n) is 6.64. The van der Waals surface area contributed by atoms with Crippen molar-refractivity contribution >= 4 is 5.69 Å². The molecule has 0 aliphatic carbocycles. The molecule has 2 rings (SSSR count). The minimum Gasteiger partial charge on any atom is -0.399 e. The van der Waals surface area contributed by atoms with E-state index < -0.39 is 0 Å². The second kappa shape index (κ2) is 5.89. The number of rotatable bonds is 5. The van der Waals surface area contributed by atoms with E-state index in [0.29, 0.717) is 0 Å². The molecule has 1 heterocycles. The molecule has 0 saturated carbocycles. The molecule has 0 radical (unpaired) electrons. The first-order valence-corrected chi connectivity index (χ1v) is 6.64. The number of aromatic nitrogens is 2. The van der Waals surface area contributed by atoms with Gasteiger partial charge in [0, 0.05) is 30.4 Å². The van der Waals surface area contributed by atoms with Crippen LogP contribution in [0.25, 0.3) is 0 Å². The average Bonchev–Trinajstić information content (AvgIpc) is 2.70. The summed E-state index contributed by atoms with van der Waals surface area (Å²) in [5.41, 5.74) is 10.8. The minimum absolute atomic E-state index is 0.0120. The Bertz CT molecular complexity index is 543. The summed E-state index contributed by atoms with van der Waals surface area (Å²) >= 11 is 0. The van der Waals surface area contributed by atoms with E-state index in [-0.39, 0.29) is 6.61 Å². The predicted octanol–water partition coefficient (Wildman–Crippen LogP) is 2.04. The van der Waals surface area contributed by atoms with Gasteiger partial charge in [0.1, 0.15) is 0 Å². The van der Waals surface area contributed by atoms with Gasteiger partial charge in [-0.3, -0.25) is 4.68 Å². The van der Waals surface area contributed by atoms with Crippen LogP contribution in [-0.2, 0) is 26.5 Å². The molecule has 0 unspecified atom stereocenters. The summed E-state index contributed by atoms with van der Waals surface area (Å²) in [5.74, 6) is 0. The molecule has 19 heavy (non-hydrogen) atoms. The van der Waals surface area contributed by atoms with Gasteiger partial charge >= 0.3 is 0 Å². The van der Waals surface area contributed by atoms with Gasteiger partial charge in [-0.05, 0) is 24.1 Å². The Labute approximate surface area is 113 Å². The predicted molar refractivity (Wildman–Crippen MR) is 76.8 cm³/mol. The Morgan fingerprint density at radius 3 is 2.53 bits per heavy atom. The van der Waals surface area contributed by atoms with Gasteiger partial charge < -0.3 is 10.8 Å². The SMILES string of the molecule is CCCc1c(Cc2ccc(N)cc2)c(CO)nn1C. The number of aryl methyl sites for hydroxylation is 1. The standard InChI is InChI=1S/C15H21N3O/c1-3-4-15-13(14(10-19)17-18(15)2)9-11-5-7-12(16)8-6-11/h5-8,19H,3-4,9-10,16H2,1-2H3. The van der Waals surface area contributed by atoms with Crippen molar-refractivity contribution in [3.8, 4) is 0 Å². The van der Waals surface area contributed by atoms with Crippen LogP contribution < -0.4 is 5.73 Å². The van der Waals surface area contributed by atoms with E-state index in [1.165, 1.54) is 11.3 Å². The number of nitrogens with two attached hydrogens (primary N) is 1. The smallest absolute Gasteiger partial charge is 0.0916 e. The van der Waals surface area contributed by atoms with E-state index >= 15 is 0 Å². The van der Waals surface area contributed by atoms with Gasteiger partial charge in [-0.25, -0.2) is 0 Å². The molecule has 3 N–H and O–H groups in total. The average molecular weight is 259 g/mol. The molecule has 102 valence electrons. The van der Waals surface area contributed by atoms with Crippen LogP contribution in [0.15, 0.2) is 24.3 Å². The Hall–Kier alpha value is -1.81. The van der Waals surface area contributed by atoms with E-state index in [2.05, 4.69) is 12.0 Å². The summed E-state index contributed by atoms with van der Waals surface area (Å²) in [6.45, 7) is 2.14. The monoisotopic (exact) mass is 259 g/mol. The normalized spacial score (nSPS) is 10.9. The maximum absolute atomic E-state index is 9.45. The highest BCUT2D eigenvalue weighted by atomic mass is 16.3. The van der Waals surface area contributed by atoms with Crippen LogP contribution >= 0.6 is 0 Å². The zero-order valence-electron chi connectivity index (χ0n) is 11.6. The quantitative estimate of drug-likeness (QED) is 0.808. The van der Waals surface area contributed by atoms with Crippen LogP contribution in [0.2, 0.25) is 0 Å². The van der Waals surface area contributed by atoms with E-state index in [9.17, 15) is 5.11 Å². The molecule has 1 aromatic carbocycles. The maximum Gasteiger partial charge on any atom is 0.0916 e. The molecule has 0 amide bonds. The number of nitrogens with zero attached hydrogens (tertiary/aromatic N) is 2. The van der Waals surface area contributed by atoms with Gasteiger partial charge in [0.2, 0.25) is 0 Å². The molecular weight excluding hydrogens is 238 g/mol. The van der Waals surface area contributed by atoms with Crippen molar-refractivity contribution in [1.29, 1.82) is 0 Å². The molecule has 0 atom stereocenters.